The molecule has 0 aromatic heterocycles. The second kappa shape index (κ2) is 7.24. The summed E-state index contributed by atoms with van der Waals surface area (Å²) in [5, 5.41) is 14.5. The molecule has 1 aromatic rings. The SMILES string of the molecule is COc1ccccc1CCNC(=O)[C@H]1C2CCC(CC2)[C@@H]1C(=O)[O-]. The molecular formula is C19H24NO4-. The normalized spacial score (nSPS) is 28.4. The summed E-state index contributed by atoms with van der Waals surface area (Å²) in [5.41, 5.74) is 1.03. The molecule has 1 N–H and O–H groups in total. The van der Waals surface area contributed by atoms with Gasteiger partial charge in [0, 0.05) is 24.3 Å². The standard InChI is InChI=1S/C19H25NO4/c1-24-15-5-3-2-4-12(15)10-11-20-18(21)16-13-6-8-14(9-7-13)17(16)19(22)23/h2-5,13-14,16-17H,6-11H2,1H3,(H,20,21)(H,22,23)/p-1/t13?,14?,16-,17-/m0/s1. The van der Waals surface area contributed by atoms with E-state index in [1.165, 1.54) is 0 Å². The zero-order chi connectivity index (χ0) is 17.1. The fourth-order valence-electron chi connectivity index (χ4n) is 4.51. The fourth-order valence-corrected chi connectivity index (χ4v) is 4.51. The van der Waals surface area contributed by atoms with E-state index in [0.717, 1.165) is 37.0 Å². The molecule has 3 fully saturated rings. The lowest BCUT2D eigenvalue weighted by molar-refractivity contribution is -0.318. The van der Waals surface area contributed by atoms with Crippen molar-refractivity contribution in [2.75, 3.05) is 13.7 Å². The van der Waals surface area contributed by atoms with Gasteiger partial charge in [0.2, 0.25) is 5.91 Å². The molecule has 1 aromatic carbocycles. The summed E-state index contributed by atoms with van der Waals surface area (Å²) in [6.45, 7) is 0.479. The summed E-state index contributed by atoms with van der Waals surface area (Å²) < 4.78 is 5.31. The van der Waals surface area contributed by atoms with Crippen LogP contribution in [0.5, 0.6) is 5.75 Å². The van der Waals surface area contributed by atoms with E-state index in [1.54, 1.807) is 7.11 Å². The van der Waals surface area contributed by atoms with E-state index in [-0.39, 0.29) is 17.7 Å². The van der Waals surface area contributed by atoms with E-state index in [1.807, 2.05) is 24.3 Å². The van der Waals surface area contributed by atoms with Gasteiger partial charge in [-0.15, -0.1) is 0 Å². The number of amides is 1. The summed E-state index contributed by atoms with van der Waals surface area (Å²) in [7, 11) is 1.63. The first kappa shape index (κ1) is 16.8. The van der Waals surface area contributed by atoms with Crippen LogP contribution in [0.4, 0.5) is 0 Å². The smallest absolute Gasteiger partial charge is 0.224 e. The summed E-state index contributed by atoms with van der Waals surface area (Å²) >= 11 is 0. The number of rotatable bonds is 6. The molecule has 5 nitrogen and oxygen atoms in total. The minimum absolute atomic E-state index is 0.102. The van der Waals surface area contributed by atoms with Crippen LogP contribution in [0.3, 0.4) is 0 Å². The first-order valence-corrected chi connectivity index (χ1v) is 8.72. The van der Waals surface area contributed by atoms with Crippen LogP contribution < -0.4 is 15.2 Å². The van der Waals surface area contributed by atoms with Crippen molar-refractivity contribution in [3.8, 4) is 5.75 Å². The molecule has 24 heavy (non-hydrogen) atoms. The Hall–Kier alpha value is -2.04. The first-order valence-electron chi connectivity index (χ1n) is 8.72. The van der Waals surface area contributed by atoms with E-state index in [4.69, 9.17) is 4.74 Å². The minimum Gasteiger partial charge on any atom is -0.550 e. The molecule has 1 amide bonds. The maximum Gasteiger partial charge on any atom is 0.224 e. The molecule has 4 rings (SSSR count). The molecule has 0 unspecified atom stereocenters. The van der Waals surface area contributed by atoms with Crippen LogP contribution in [0.25, 0.3) is 0 Å². The fraction of sp³-hybridized carbons (Fsp3) is 0.579. The number of methoxy groups -OCH3 is 1. The van der Waals surface area contributed by atoms with Crippen LogP contribution in [-0.2, 0) is 16.0 Å². The Morgan fingerprint density at radius 3 is 2.38 bits per heavy atom. The van der Waals surface area contributed by atoms with Gasteiger partial charge in [-0.3, -0.25) is 4.79 Å². The van der Waals surface area contributed by atoms with E-state index in [0.29, 0.717) is 13.0 Å². The summed E-state index contributed by atoms with van der Waals surface area (Å²) in [6, 6.07) is 7.71. The molecule has 0 saturated heterocycles. The van der Waals surface area contributed by atoms with E-state index in [9.17, 15) is 14.7 Å². The van der Waals surface area contributed by atoms with Gasteiger partial charge in [-0.2, -0.15) is 0 Å². The van der Waals surface area contributed by atoms with Crippen molar-refractivity contribution in [2.24, 2.45) is 23.7 Å². The average Bonchev–Trinajstić information content (AvgIpc) is 2.62. The number of carbonyl (C=O) groups is 2. The summed E-state index contributed by atoms with van der Waals surface area (Å²) in [6.07, 6.45) is 4.40. The zero-order valence-corrected chi connectivity index (χ0v) is 14.0. The topological polar surface area (TPSA) is 78.5 Å². The number of hydrogen-bond donors (Lipinski definition) is 1. The third-order valence-electron chi connectivity index (χ3n) is 5.68. The third kappa shape index (κ3) is 3.25. The van der Waals surface area contributed by atoms with Crippen molar-refractivity contribution in [1.82, 2.24) is 5.32 Å². The minimum atomic E-state index is -1.06. The first-order chi connectivity index (χ1) is 11.6. The van der Waals surface area contributed by atoms with Crippen LogP contribution >= 0.6 is 0 Å². The van der Waals surface area contributed by atoms with Crippen LogP contribution in [0.2, 0.25) is 0 Å². The quantitative estimate of drug-likeness (QED) is 0.849. The third-order valence-corrected chi connectivity index (χ3v) is 5.68. The average molecular weight is 330 g/mol. The molecule has 0 heterocycles. The van der Waals surface area contributed by atoms with Crippen molar-refractivity contribution in [3.05, 3.63) is 29.8 Å². The monoisotopic (exact) mass is 330 g/mol. The van der Waals surface area contributed by atoms with E-state index in [2.05, 4.69) is 5.32 Å². The lowest BCUT2D eigenvalue weighted by Gasteiger charge is -2.48. The van der Waals surface area contributed by atoms with Gasteiger partial charge in [0.25, 0.3) is 0 Å². The summed E-state index contributed by atoms with van der Waals surface area (Å²) in [5.74, 6) is -1.16. The number of carboxylic acids is 1. The number of carboxylic acid groups (broad SMARTS) is 1. The van der Waals surface area contributed by atoms with Gasteiger partial charge in [0.1, 0.15) is 5.75 Å². The lowest BCUT2D eigenvalue weighted by Crippen LogP contribution is -2.54. The van der Waals surface area contributed by atoms with Crippen molar-refractivity contribution in [2.45, 2.75) is 32.1 Å². The van der Waals surface area contributed by atoms with Gasteiger partial charge in [-0.25, -0.2) is 0 Å². The highest BCUT2D eigenvalue weighted by Gasteiger charge is 2.47. The van der Waals surface area contributed by atoms with Crippen molar-refractivity contribution >= 4 is 11.9 Å². The van der Waals surface area contributed by atoms with Crippen LogP contribution in [0, 0.1) is 23.7 Å². The van der Waals surface area contributed by atoms with Gasteiger partial charge in [-0.1, -0.05) is 18.2 Å². The molecule has 0 spiro atoms. The Bertz CT molecular complexity index is 607. The maximum atomic E-state index is 12.6. The Labute approximate surface area is 142 Å². The molecule has 130 valence electrons. The zero-order valence-electron chi connectivity index (χ0n) is 14.0. The molecular weight excluding hydrogens is 306 g/mol. The number of nitrogens with one attached hydrogen (secondary N) is 1. The van der Waals surface area contributed by atoms with Crippen LogP contribution in [0.1, 0.15) is 31.2 Å². The Balaban J connectivity index is 1.61. The van der Waals surface area contributed by atoms with E-state index >= 15 is 0 Å². The number of carbonyl (C=O) groups excluding carboxylic acids is 2. The summed E-state index contributed by atoms with van der Waals surface area (Å²) in [4.78, 5) is 24.1. The van der Waals surface area contributed by atoms with Gasteiger partial charge in [0.05, 0.1) is 7.11 Å². The highest BCUT2D eigenvalue weighted by Crippen LogP contribution is 2.48. The molecule has 3 aliphatic carbocycles. The molecule has 3 aliphatic rings. The van der Waals surface area contributed by atoms with E-state index < -0.39 is 17.8 Å². The molecule has 0 aliphatic heterocycles. The molecule has 2 atom stereocenters. The number of hydrogen-bond acceptors (Lipinski definition) is 4. The number of para-hydroxylation sites is 1. The molecule has 2 bridgehead atoms. The Morgan fingerprint density at radius 2 is 1.75 bits per heavy atom. The van der Waals surface area contributed by atoms with Crippen LogP contribution in [0.15, 0.2) is 24.3 Å². The van der Waals surface area contributed by atoms with Crippen molar-refractivity contribution in [3.63, 3.8) is 0 Å². The highest BCUT2D eigenvalue weighted by molar-refractivity contribution is 5.85. The highest BCUT2D eigenvalue weighted by atomic mass is 16.5. The largest absolute Gasteiger partial charge is 0.550 e. The van der Waals surface area contributed by atoms with Gasteiger partial charge >= 0.3 is 0 Å². The van der Waals surface area contributed by atoms with Gasteiger partial charge < -0.3 is 20.0 Å². The Kier molecular flexibility index (Phi) is 5.07. The maximum absolute atomic E-state index is 12.6. The molecule has 0 radical (unpaired) electrons. The van der Waals surface area contributed by atoms with Gasteiger partial charge in [-0.05, 0) is 55.6 Å². The number of fused-ring (bicyclic) bond motifs is 3. The lowest BCUT2D eigenvalue weighted by atomic mass is 9.58. The number of aliphatic carboxylic acids is 1. The number of benzene rings is 1. The predicted molar refractivity (Wildman–Crippen MR) is 87.1 cm³/mol. The Morgan fingerprint density at radius 1 is 1.12 bits per heavy atom. The van der Waals surface area contributed by atoms with Crippen LogP contribution in [-0.4, -0.2) is 25.5 Å². The van der Waals surface area contributed by atoms with Crippen molar-refractivity contribution < 1.29 is 19.4 Å². The van der Waals surface area contributed by atoms with Crippen molar-refractivity contribution in [1.29, 1.82) is 0 Å². The molecule has 5 heteroatoms. The predicted octanol–water partition coefficient (Wildman–Crippen LogP) is 1.16. The number of ether oxygens (including phenoxy) is 1. The second-order valence-electron chi connectivity index (χ2n) is 6.90. The van der Waals surface area contributed by atoms with Gasteiger partial charge in [0.15, 0.2) is 0 Å². The second-order valence-corrected chi connectivity index (χ2v) is 6.90. The molecule has 3 saturated carbocycles.